The van der Waals surface area contributed by atoms with E-state index in [2.05, 4.69) is 5.32 Å². The Labute approximate surface area is 181 Å². The Bertz CT molecular complexity index is 1100. The highest BCUT2D eigenvalue weighted by atomic mass is 32.2. The average molecular weight is 444 g/mol. The van der Waals surface area contributed by atoms with Crippen molar-refractivity contribution in [2.24, 2.45) is 0 Å². The summed E-state index contributed by atoms with van der Waals surface area (Å²) in [5.41, 5.74) is 1.21. The third kappa shape index (κ3) is 4.23. The largest absolute Gasteiger partial charge is 0.476 e. The fourth-order valence-electron chi connectivity index (χ4n) is 3.84. The number of sulfonamides is 1. The minimum atomic E-state index is -3.59. The van der Waals surface area contributed by atoms with Crippen molar-refractivity contribution >= 4 is 33.2 Å². The highest BCUT2D eigenvalue weighted by Gasteiger charge is 2.36. The van der Waals surface area contributed by atoms with Gasteiger partial charge in [0.2, 0.25) is 10.0 Å². The number of benzene rings is 2. The van der Waals surface area contributed by atoms with E-state index in [1.165, 1.54) is 4.31 Å². The first kappa shape index (κ1) is 21.2. The molecule has 2 aromatic carbocycles. The van der Waals surface area contributed by atoms with Crippen molar-refractivity contribution < 1.29 is 22.7 Å². The molecule has 0 radical (unpaired) electrons. The lowest BCUT2D eigenvalue weighted by molar-refractivity contribution is -0.122. The number of carbonyl (C=O) groups is 2. The smallest absolute Gasteiger partial charge is 0.267 e. The molecule has 1 fully saturated rings. The van der Waals surface area contributed by atoms with Gasteiger partial charge in [0.05, 0.1) is 29.2 Å². The van der Waals surface area contributed by atoms with Gasteiger partial charge in [-0.1, -0.05) is 24.3 Å². The maximum atomic E-state index is 13.1. The molecule has 1 saturated heterocycles. The van der Waals surface area contributed by atoms with E-state index in [1.54, 1.807) is 60.4 Å². The van der Waals surface area contributed by atoms with E-state index in [0.717, 1.165) is 12.8 Å². The Morgan fingerprint density at radius 1 is 1.06 bits per heavy atom. The van der Waals surface area contributed by atoms with Crippen LogP contribution in [0.4, 0.5) is 11.4 Å². The number of para-hydroxylation sites is 3. The molecule has 2 amide bonds. The van der Waals surface area contributed by atoms with Gasteiger partial charge in [0.15, 0.2) is 6.10 Å². The van der Waals surface area contributed by atoms with Gasteiger partial charge in [-0.05, 0) is 44.0 Å². The van der Waals surface area contributed by atoms with Crippen molar-refractivity contribution in [3.8, 4) is 5.75 Å². The average Bonchev–Trinajstić information content (AvgIpc) is 3.33. The van der Waals surface area contributed by atoms with Crippen LogP contribution >= 0.6 is 0 Å². The number of amides is 2. The van der Waals surface area contributed by atoms with E-state index in [1.807, 2.05) is 0 Å². The van der Waals surface area contributed by atoms with Gasteiger partial charge in [0, 0.05) is 13.1 Å². The molecule has 9 heteroatoms. The molecule has 1 atom stereocenters. The molecule has 31 heavy (non-hydrogen) atoms. The van der Waals surface area contributed by atoms with Gasteiger partial charge in [-0.2, -0.15) is 0 Å². The van der Waals surface area contributed by atoms with E-state index >= 15 is 0 Å². The van der Waals surface area contributed by atoms with Crippen molar-refractivity contribution in [2.75, 3.05) is 35.0 Å². The Morgan fingerprint density at radius 2 is 1.74 bits per heavy atom. The van der Waals surface area contributed by atoms with E-state index in [4.69, 9.17) is 4.74 Å². The molecule has 0 aromatic heterocycles. The lowest BCUT2D eigenvalue weighted by atomic mass is 10.1. The zero-order valence-corrected chi connectivity index (χ0v) is 18.1. The molecule has 0 bridgehead atoms. The lowest BCUT2D eigenvalue weighted by Gasteiger charge is -2.34. The van der Waals surface area contributed by atoms with E-state index in [9.17, 15) is 18.0 Å². The van der Waals surface area contributed by atoms with Gasteiger partial charge in [-0.3, -0.25) is 13.9 Å². The van der Waals surface area contributed by atoms with Gasteiger partial charge >= 0.3 is 0 Å². The first-order valence-corrected chi connectivity index (χ1v) is 12.0. The monoisotopic (exact) mass is 443 g/mol. The van der Waals surface area contributed by atoms with Crippen LogP contribution in [-0.2, 0) is 14.8 Å². The SMILES string of the molecule is CCS(=O)(=O)N1C[C@@H](C(=O)Nc2ccccc2C(=O)N2CCCC2)Oc2ccccc21. The van der Waals surface area contributed by atoms with Gasteiger partial charge < -0.3 is 15.0 Å². The standard InChI is InChI=1S/C22H25N3O5S/c1-2-31(28,29)25-15-20(30-19-12-6-5-11-18(19)25)21(26)23-17-10-4-3-9-16(17)22(27)24-13-7-8-14-24/h3-6,9-12,20H,2,7-8,13-15H2,1H3,(H,23,26)/t20-/m0/s1. The Hall–Kier alpha value is -3.07. The molecular weight excluding hydrogens is 418 g/mol. The summed E-state index contributed by atoms with van der Waals surface area (Å²) in [5, 5.41) is 2.77. The van der Waals surface area contributed by atoms with Gasteiger partial charge in [-0.15, -0.1) is 0 Å². The number of hydrogen-bond donors (Lipinski definition) is 1. The third-order valence-corrected chi connectivity index (χ3v) is 7.28. The van der Waals surface area contributed by atoms with Crippen LogP contribution in [0.25, 0.3) is 0 Å². The summed E-state index contributed by atoms with van der Waals surface area (Å²) in [6, 6.07) is 13.6. The number of ether oxygens (including phenoxy) is 1. The van der Waals surface area contributed by atoms with Crippen molar-refractivity contribution in [3.05, 3.63) is 54.1 Å². The Kier molecular flexibility index (Phi) is 5.86. The summed E-state index contributed by atoms with van der Waals surface area (Å²) in [7, 11) is -3.59. The number of hydrogen-bond acceptors (Lipinski definition) is 5. The topological polar surface area (TPSA) is 96.0 Å². The van der Waals surface area contributed by atoms with E-state index in [0.29, 0.717) is 35.8 Å². The van der Waals surface area contributed by atoms with Gasteiger partial charge in [0.1, 0.15) is 5.75 Å². The highest BCUT2D eigenvalue weighted by molar-refractivity contribution is 7.92. The van der Waals surface area contributed by atoms with Crippen molar-refractivity contribution in [3.63, 3.8) is 0 Å². The summed E-state index contributed by atoms with van der Waals surface area (Å²) in [4.78, 5) is 27.7. The van der Waals surface area contributed by atoms with E-state index < -0.39 is 22.0 Å². The summed E-state index contributed by atoms with van der Waals surface area (Å²) >= 11 is 0. The number of rotatable bonds is 5. The summed E-state index contributed by atoms with van der Waals surface area (Å²) in [6.07, 6.45) is 0.889. The summed E-state index contributed by atoms with van der Waals surface area (Å²) in [6.45, 7) is 2.82. The van der Waals surface area contributed by atoms with Crippen LogP contribution in [0.3, 0.4) is 0 Å². The third-order valence-electron chi connectivity index (χ3n) is 5.54. The molecule has 1 N–H and O–H groups in total. The first-order chi connectivity index (χ1) is 14.9. The minimum Gasteiger partial charge on any atom is -0.476 e. The second kappa shape index (κ2) is 8.58. The normalized spacial score (nSPS) is 18.3. The van der Waals surface area contributed by atoms with Crippen molar-refractivity contribution in [2.45, 2.75) is 25.9 Å². The Morgan fingerprint density at radius 3 is 2.48 bits per heavy atom. The highest BCUT2D eigenvalue weighted by Crippen LogP contribution is 2.35. The summed E-state index contributed by atoms with van der Waals surface area (Å²) in [5.74, 6) is -0.402. The molecular formula is C22H25N3O5S. The van der Waals surface area contributed by atoms with Crippen LogP contribution < -0.4 is 14.4 Å². The van der Waals surface area contributed by atoms with Crippen LogP contribution in [0, 0.1) is 0 Å². The molecule has 2 heterocycles. The molecule has 164 valence electrons. The van der Waals surface area contributed by atoms with Crippen molar-refractivity contribution in [1.82, 2.24) is 4.90 Å². The first-order valence-electron chi connectivity index (χ1n) is 10.4. The number of fused-ring (bicyclic) bond motifs is 1. The molecule has 2 aliphatic rings. The molecule has 0 unspecified atom stereocenters. The molecule has 2 aromatic rings. The summed E-state index contributed by atoms with van der Waals surface area (Å²) < 4.78 is 32.3. The molecule has 4 rings (SSSR count). The van der Waals surface area contributed by atoms with Gasteiger partial charge in [0.25, 0.3) is 11.8 Å². The number of anilines is 2. The number of carbonyl (C=O) groups excluding carboxylic acids is 2. The van der Waals surface area contributed by atoms with Gasteiger partial charge in [-0.25, -0.2) is 8.42 Å². The van der Waals surface area contributed by atoms with Crippen LogP contribution in [0.1, 0.15) is 30.1 Å². The number of likely N-dealkylation sites (tertiary alicyclic amines) is 1. The fraction of sp³-hybridized carbons (Fsp3) is 0.364. The van der Waals surface area contributed by atoms with Crippen LogP contribution in [-0.4, -0.2) is 56.6 Å². The second-order valence-electron chi connectivity index (χ2n) is 7.54. The lowest BCUT2D eigenvalue weighted by Crippen LogP contribution is -2.49. The molecule has 0 aliphatic carbocycles. The molecule has 0 saturated carbocycles. The number of nitrogens with zero attached hydrogens (tertiary/aromatic N) is 2. The van der Waals surface area contributed by atoms with Crippen LogP contribution in [0.2, 0.25) is 0 Å². The predicted octanol–water partition coefficient (Wildman–Crippen LogP) is 2.48. The van der Waals surface area contributed by atoms with Crippen LogP contribution in [0.5, 0.6) is 5.75 Å². The van der Waals surface area contributed by atoms with Crippen molar-refractivity contribution in [1.29, 1.82) is 0 Å². The fourth-order valence-corrected chi connectivity index (χ4v) is 4.97. The zero-order valence-electron chi connectivity index (χ0n) is 17.3. The molecule has 0 spiro atoms. The maximum Gasteiger partial charge on any atom is 0.267 e. The van der Waals surface area contributed by atoms with E-state index in [-0.39, 0.29) is 18.2 Å². The number of nitrogens with one attached hydrogen (secondary N) is 1. The minimum absolute atomic E-state index is 0.0944. The predicted molar refractivity (Wildman–Crippen MR) is 118 cm³/mol. The van der Waals surface area contributed by atoms with Crippen LogP contribution in [0.15, 0.2) is 48.5 Å². The molecule has 8 nitrogen and oxygen atoms in total. The molecule has 2 aliphatic heterocycles. The second-order valence-corrected chi connectivity index (χ2v) is 9.72. The Balaban J connectivity index is 1.58. The quantitative estimate of drug-likeness (QED) is 0.766. The zero-order chi connectivity index (χ0) is 22.0. The maximum absolute atomic E-state index is 13.1.